The molecule has 0 aliphatic heterocycles. The largest absolute Gasteiger partial charge is 0.481 e. The Kier molecular flexibility index (Phi) is 16.6. The lowest BCUT2D eigenvalue weighted by Crippen LogP contribution is -2.24. The third-order valence-electron chi connectivity index (χ3n) is 5.26. The number of rotatable bonds is 10. The lowest BCUT2D eigenvalue weighted by atomic mass is 10.3. The smallest absolute Gasteiger partial charge is 0.302 e. The van der Waals surface area contributed by atoms with Crippen molar-refractivity contribution in [2.45, 2.75) is 40.5 Å². The normalized spacial score (nSPS) is 10.1. The highest BCUT2D eigenvalue weighted by atomic mass is 31.1. The molecule has 0 amide bonds. The van der Waals surface area contributed by atoms with Gasteiger partial charge in [-0.1, -0.05) is 68.4 Å². The van der Waals surface area contributed by atoms with Crippen molar-refractivity contribution in [3.8, 4) is 0 Å². The summed E-state index contributed by atoms with van der Waals surface area (Å²) >= 11 is 0. The highest BCUT2D eigenvalue weighted by Crippen LogP contribution is 2.32. The summed E-state index contributed by atoms with van der Waals surface area (Å²) in [5, 5.41) is 11.7. The van der Waals surface area contributed by atoms with Crippen LogP contribution in [0.4, 0.5) is 0 Å². The number of unbranched alkanes of at least 4 members (excludes halogenated alkanes) is 1. The second-order valence-electron chi connectivity index (χ2n) is 8.07. The molecule has 3 aromatic carbocycles. The van der Waals surface area contributed by atoms with Crippen LogP contribution in [0.1, 0.15) is 40.5 Å². The Hall–Kier alpha value is -3.01. The van der Waals surface area contributed by atoms with Crippen molar-refractivity contribution in [1.82, 2.24) is 4.90 Å². The number of carbonyl (C=O) groups is 2. The van der Waals surface area contributed by atoms with Gasteiger partial charge < -0.3 is 14.7 Å². The van der Waals surface area contributed by atoms with Crippen LogP contribution in [0.5, 0.6) is 0 Å². The minimum absolute atomic E-state index is 0.178. The molecule has 0 fully saturated rings. The predicted molar refractivity (Wildman–Crippen MR) is 154 cm³/mol. The molecule has 194 valence electrons. The van der Waals surface area contributed by atoms with Gasteiger partial charge in [-0.3, -0.25) is 9.59 Å². The van der Waals surface area contributed by atoms with E-state index in [0.717, 1.165) is 39.4 Å². The molecule has 3 aromatic rings. The van der Waals surface area contributed by atoms with E-state index in [1.807, 2.05) is 0 Å². The molecule has 0 unspecified atom stereocenters. The van der Waals surface area contributed by atoms with Gasteiger partial charge in [0.1, 0.15) is 15.9 Å². The summed E-state index contributed by atoms with van der Waals surface area (Å²) in [6.07, 6.45) is 2.07. The van der Waals surface area contributed by atoms with E-state index in [1.54, 1.807) is 0 Å². The number of carboxylic acid groups (broad SMARTS) is 1. The third kappa shape index (κ3) is 13.8. The minimum Gasteiger partial charge on any atom is -0.481 e. The predicted octanol–water partition coefficient (Wildman–Crippen LogP) is 4.94. The summed E-state index contributed by atoms with van der Waals surface area (Å²) in [5.74, 6) is -1.01. The van der Waals surface area contributed by atoms with Crippen molar-refractivity contribution in [3.63, 3.8) is 0 Å². The van der Waals surface area contributed by atoms with E-state index >= 15 is 0 Å². The van der Waals surface area contributed by atoms with Crippen LogP contribution >= 0.6 is 7.92 Å². The fraction of sp³-hybridized carbons (Fsp3) is 0.333. The van der Waals surface area contributed by atoms with Crippen molar-refractivity contribution in [1.29, 1.82) is 0 Å². The summed E-state index contributed by atoms with van der Waals surface area (Å²) in [6.45, 7) is 10.7. The number of aliphatic carboxylic acids is 1. The van der Waals surface area contributed by atoms with Gasteiger partial charge in [-0.2, -0.15) is 0 Å². The first-order chi connectivity index (χ1) is 17.4. The molecule has 0 radical (unpaired) electrons. The molecule has 0 aliphatic rings. The standard InChI is InChI=1S/C18H15P.C10H21NO2.C2H4O2/c1-4-10-16(11-5-1)19(17-12-6-2-7-13-17)18-14-8-3-9-15-18;1-4-11(5-2)8-6-7-9-13-10(3)12;1-2(3)4/h1-15H;4-9H2,1-3H3;1H3,(H,3,4)/p+1. The van der Waals surface area contributed by atoms with Gasteiger partial charge in [0.05, 0.1) is 14.5 Å². The Bertz CT molecular complexity index is 866. The summed E-state index contributed by atoms with van der Waals surface area (Å²) in [6, 6.07) is 32.5. The Balaban J connectivity index is 0.000000333. The van der Waals surface area contributed by atoms with E-state index in [0.29, 0.717) is 6.61 Å². The maximum Gasteiger partial charge on any atom is 0.302 e. The first kappa shape index (κ1) is 31.0. The van der Waals surface area contributed by atoms with Crippen LogP contribution in [0, 0.1) is 0 Å². The van der Waals surface area contributed by atoms with Crippen LogP contribution in [0.2, 0.25) is 0 Å². The van der Waals surface area contributed by atoms with E-state index in [2.05, 4.69) is 110 Å². The molecular weight excluding hydrogens is 469 g/mol. The van der Waals surface area contributed by atoms with Crippen molar-refractivity contribution in [2.75, 3.05) is 26.2 Å². The monoisotopic (exact) mass is 510 g/mol. The molecule has 36 heavy (non-hydrogen) atoms. The second kappa shape index (κ2) is 19.2. The van der Waals surface area contributed by atoms with Gasteiger partial charge >= 0.3 is 5.97 Å². The fourth-order valence-corrected chi connectivity index (χ4v) is 6.09. The lowest BCUT2D eigenvalue weighted by molar-refractivity contribution is -0.141. The molecular formula is C30H41NO4P+. The Morgan fingerprint density at radius 1 is 0.722 bits per heavy atom. The maximum absolute atomic E-state index is 10.4. The zero-order valence-corrected chi connectivity index (χ0v) is 23.0. The molecule has 0 aromatic heterocycles. The van der Waals surface area contributed by atoms with E-state index in [9.17, 15) is 4.79 Å². The van der Waals surface area contributed by atoms with Crippen molar-refractivity contribution in [2.24, 2.45) is 0 Å². The highest BCUT2D eigenvalue weighted by Gasteiger charge is 2.24. The molecule has 6 heteroatoms. The van der Waals surface area contributed by atoms with Gasteiger partial charge in [-0.05, 0) is 68.9 Å². The summed E-state index contributed by atoms with van der Waals surface area (Å²) in [4.78, 5) is 21.8. The van der Waals surface area contributed by atoms with E-state index in [1.165, 1.54) is 22.8 Å². The van der Waals surface area contributed by atoms with Gasteiger partial charge in [-0.15, -0.1) is 0 Å². The minimum atomic E-state index is -0.877. The summed E-state index contributed by atoms with van der Waals surface area (Å²) in [5.41, 5.74) is 0. The van der Waals surface area contributed by atoms with Crippen LogP contribution in [-0.2, 0) is 14.3 Å². The lowest BCUT2D eigenvalue weighted by Gasteiger charge is -2.17. The first-order valence-electron chi connectivity index (χ1n) is 12.5. The highest BCUT2D eigenvalue weighted by molar-refractivity contribution is 7.79. The van der Waals surface area contributed by atoms with Crippen LogP contribution in [0.3, 0.4) is 0 Å². The van der Waals surface area contributed by atoms with E-state index in [-0.39, 0.29) is 5.97 Å². The molecule has 3 rings (SSSR count). The molecule has 0 atom stereocenters. The molecule has 0 saturated heterocycles. The number of nitrogens with zero attached hydrogens (tertiary/aromatic N) is 1. The van der Waals surface area contributed by atoms with Crippen LogP contribution in [-0.4, -0.2) is 48.2 Å². The second-order valence-corrected chi connectivity index (χ2v) is 10.5. The van der Waals surface area contributed by atoms with Gasteiger partial charge in [0.2, 0.25) is 0 Å². The molecule has 1 N–H and O–H groups in total. The average molecular weight is 511 g/mol. The zero-order chi connectivity index (χ0) is 26.6. The van der Waals surface area contributed by atoms with E-state index in [4.69, 9.17) is 14.6 Å². The quantitative estimate of drug-likeness (QED) is 0.238. The van der Waals surface area contributed by atoms with Crippen LogP contribution in [0.15, 0.2) is 91.0 Å². The van der Waals surface area contributed by atoms with Crippen LogP contribution in [0.25, 0.3) is 0 Å². The first-order valence-corrected chi connectivity index (χ1v) is 14.0. The number of ether oxygens (including phenoxy) is 1. The summed E-state index contributed by atoms with van der Waals surface area (Å²) in [7, 11) is -0.877. The number of hydrogen-bond donors (Lipinski definition) is 1. The fourth-order valence-electron chi connectivity index (χ4n) is 3.51. The van der Waals surface area contributed by atoms with Gasteiger partial charge in [0, 0.05) is 13.8 Å². The molecule has 0 saturated carbocycles. The number of carboxylic acids is 1. The Morgan fingerprint density at radius 3 is 1.39 bits per heavy atom. The van der Waals surface area contributed by atoms with Crippen molar-refractivity contribution < 1.29 is 19.4 Å². The topological polar surface area (TPSA) is 66.8 Å². The molecule has 0 aliphatic carbocycles. The van der Waals surface area contributed by atoms with E-state index < -0.39 is 13.9 Å². The van der Waals surface area contributed by atoms with Gasteiger partial charge in [0.25, 0.3) is 5.97 Å². The molecule has 5 nitrogen and oxygen atoms in total. The number of carbonyl (C=O) groups excluding carboxylic acids is 1. The summed E-state index contributed by atoms with van der Waals surface area (Å²) < 4.78 is 4.83. The van der Waals surface area contributed by atoms with Crippen LogP contribution < -0.4 is 15.9 Å². The number of benzene rings is 3. The molecule has 0 heterocycles. The van der Waals surface area contributed by atoms with Gasteiger partial charge in [0.15, 0.2) is 0 Å². The number of esters is 1. The van der Waals surface area contributed by atoms with Crippen molar-refractivity contribution in [3.05, 3.63) is 91.0 Å². The average Bonchev–Trinajstić information content (AvgIpc) is 2.88. The van der Waals surface area contributed by atoms with Gasteiger partial charge in [-0.25, -0.2) is 0 Å². The Labute approximate surface area is 217 Å². The maximum atomic E-state index is 10.4. The third-order valence-corrected chi connectivity index (χ3v) is 7.99. The zero-order valence-electron chi connectivity index (χ0n) is 22.0. The molecule has 0 spiro atoms. The number of hydrogen-bond acceptors (Lipinski definition) is 4. The Morgan fingerprint density at radius 2 is 1.08 bits per heavy atom. The molecule has 0 bridgehead atoms. The SMILES string of the molecule is CC(=O)O.CCN(CC)CCCCOC(C)=O.c1ccc([PH+](c2ccccc2)c2ccccc2)cc1. The van der Waals surface area contributed by atoms with Crippen molar-refractivity contribution >= 4 is 35.8 Å².